The number of hydrogen-bond acceptors (Lipinski definition) is 5. The zero-order valence-corrected chi connectivity index (χ0v) is 16.5. The van der Waals surface area contributed by atoms with Crippen LogP contribution in [0.25, 0.3) is 11.0 Å². The Hall–Kier alpha value is -1.69. The molecule has 2 aromatic heterocycles. The van der Waals surface area contributed by atoms with Crippen LogP contribution >= 0.6 is 0 Å². The van der Waals surface area contributed by atoms with E-state index in [1.807, 2.05) is 17.9 Å². The molecule has 0 bridgehead atoms. The summed E-state index contributed by atoms with van der Waals surface area (Å²) in [5, 5.41) is 5.52. The molecule has 1 aliphatic heterocycles. The van der Waals surface area contributed by atoms with Crippen LogP contribution in [0.15, 0.2) is 6.20 Å². The zero-order chi connectivity index (χ0) is 18.1. The molecule has 2 fully saturated rings. The normalized spacial score (nSPS) is 22.3. The molecule has 0 aromatic carbocycles. The Morgan fingerprint density at radius 1 is 1.12 bits per heavy atom. The molecule has 0 radical (unpaired) electrons. The standard InChI is InChI=1S/C20H32N6/c1-15-8-6-7-11-26(15)13-12-24(2)19-17-14-21-25(3)20(17)23-18(22-19)16-9-4-5-10-16/h14-16H,4-13H2,1-3H3. The van der Waals surface area contributed by atoms with Crippen LogP contribution in [0, 0.1) is 0 Å². The summed E-state index contributed by atoms with van der Waals surface area (Å²) in [6, 6.07) is 0.704. The average Bonchev–Trinajstić information content (AvgIpc) is 3.30. The number of aryl methyl sites for hydroxylation is 1. The summed E-state index contributed by atoms with van der Waals surface area (Å²) in [6.07, 6.45) is 11.0. The first-order valence-electron chi connectivity index (χ1n) is 10.3. The van der Waals surface area contributed by atoms with Gasteiger partial charge in [0.1, 0.15) is 11.6 Å². The third-order valence-electron chi connectivity index (χ3n) is 6.33. The Morgan fingerprint density at radius 2 is 1.88 bits per heavy atom. The first-order valence-corrected chi connectivity index (χ1v) is 10.3. The van der Waals surface area contributed by atoms with Gasteiger partial charge in [0.25, 0.3) is 0 Å². The maximum atomic E-state index is 5.02. The molecule has 1 unspecified atom stereocenters. The van der Waals surface area contributed by atoms with Crippen molar-refractivity contribution in [3.63, 3.8) is 0 Å². The molecule has 2 aliphatic rings. The molecule has 0 N–H and O–H groups in total. The van der Waals surface area contributed by atoms with Crippen molar-refractivity contribution < 1.29 is 0 Å². The van der Waals surface area contributed by atoms with Gasteiger partial charge >= 0.3 is 0 Å². The van der Waals surface area contributed by atoms with E-state index in [-0.39, 0.29) is 0 Å². The second-order valence-electron chi connectivity index (χ2n) is 8.19. The van der Waals surface area contributed by atoms with E-state index in [1.54, 1.807) is 0 Å². The quantitative estimate of drug-likeness (QED) is 0.822. The minimum absolute atomic E-state index is 0.517. The van der Waals surface area contributed by atoms with Gasteiger partial charge in [-0.2, -0.15) is 5.10 Å². The van der Waals surface area contributed by atoms with E-state index in [1.165, 1.54) is 51.5 Å². The summed E-state index contributed by atoms with van der Waals surface area (Å²) < 4.78 is 1.89. The molecule has 0 spiro atoms. The number of rotatable bonds is 5. The molecular weight excluding hydrogens is 324 g/mol. The van der Waals surface area contributed by atoms with E-state index in [0.717, 1.165) is 35.8 Å². The van der Waals surface area contributed by atoms with Crippen LogP contribution in [0.2, 0.25) is 0 Å². The summed E-state index contributed by atoms with van der Waals surface area (Å²) in [4.78, 5) is 14.8. The molecule has 1 saturated carbocycles. The maximum Gasteiger partial charge on any atom is 0.163 e. The van der Waals surface area contributed by atoms with Crippen LogP contribution in [0.1, 0.15) is 63.6 Å². The Bertz CT molecular complexity index is 748. The lowest BCUT2D eigenvalue weighted by atomic mass is 10.0. The summed E-state index contributed by atoms with van der Waals surface area (Å²) in [6.45, 7) is 5.69. The zero-order valence-electron chi connectivity index (χ0n) is 16.5. The number of anilines is 1. The molecule has 1 saturated heterocycles. The molecule has 142 valence electrons. The van der Waals surface area contributed by atoms with Crippen LogP contribution in [-0.2, 0) is 7.05 Å². The monoisotopic (exact) mass is 356 g/mol. The van der Waals surface area contributed by atoms with Crippen molar-refractivity contribution in [1.29, 1.82) is 0 Å². The maximum absolute atomic E-state index is 5.02. The van der Waals surface area contributed by atoms with Gasteiger partial charge in [-0.05, 0) is 39.2 Å². The molecule has 1 atom stereocenters. The number of piperidine rings is 1. The Balaban J connectivity index is 1.57. The smallest absolute Gasteiger partial charge is 0.163 e. The highest BCUT2D eigenvalue weighted by Crippen LogP contribution is 2.34. The fraction of sp³-hybridized carbons (Fsp3) is 0.750. The SMILES string of the molecule is CC1CCCCN1CCN(C)c1nc(C2CCCC2)nc2c1cnn2C. The second-order valence-corrected chi connectivity index (χ2v) is 8.19. The predicted octanol–water partition coefficient (Wildman–Crippen LogP) is 3.33. The molecule has 26 heavy (non-hydrogen) atoms. The van der Waals surface area contributed by atoms with Crippen molar-refractivity contribution in [2.24, 2.45) is 7.05 Å². The van der Waals surface area contributed by atoms with Gasteiger partial charge in [-0.25, -0.2) is 9.97 Å². The fourth-order valence-electron chi connectivity index (χ4n) is 4.56. The van der Waals surface area contributed by atoms with E-state index in [0.29, 0.717) is 12.0 Å². The van der Waals surface area contributed by atoms with E-state index in [9.17, 15) is 0 Å². The first-order chi connectivity index (χ1) is 12.6. The number of hydrogen-bond donors (Lipinski definition) is 0. The molecule has 6 heteroatoms. The topological polar surface area (TPSA) is 50.1 Å². The fourth-order valence-corrected chi connectivity index (χ4v) is 4.56. The van der Waals surface area contributed by atoms with Gasteiger partial charge in [-0.15, -0.1) is 0 Å². The van der Waals surface area contributed by atoms with Gasteiger partial charge in [0.15, 0.2) is 5.65 Å². The number of likely N-dealkylation sites (N-methyl/N-ethyl adjacent to an activating group) is 1. The minimum Gasteiger partial charge on any atom is -0.358 e. The first kappa shape index (κ1) is 17.7. The average molecular weight is 357 g/mol. The van der Waals surface area contributed by atoms with Crippen molar-refractivity contribution in [3.8, 4) is 0 Å². The summed E-state index contributed by atoms with van der Waals surface area (Å²) in [5.41, 5.74) is 0.968. The van der Waals surface area contributed by atoms with E-state index < -0.39 is 0 Å². The predicted molar refractivity (Wildman–Crippen MR) is 106 cm³/mol. The number of nitrogens with zero attached hydrogens (tertiary/aromatic N) is 6. The van der Waals surface area contributed by atoms with Gasteiger partial charge < -0.3 is 4.90 Å². The number of fused-ring (bicyclic) bond motifs is 1. The number of aromatic nitrogens is 4. The molecular formula is C20H32N6. The Labute approximate surface area is 156 Å². The lowest BCUT2D eigenvalue weighted by Crippen LogP contribution is -2.42. The minimum atomic E-state index is 0.517. The van der Waals surface area contributed by atoms with Crippen molar-refractivity contribution in [3.05, 3.63) is 12.0 Å². The van der Waals surface area contributed by atoms with Crippen LogP contribution in [0.4, 0.5) is 5.82 Å². The van der Waals surface area contributed by atoms with Gasteiger partial charge in [-0.3, -0.25) is 9.58 Å². The van der Waals surface area contributed by atoms with Crippen molar-refractivity contribution in [2.75, 3.05) is 31.6 Å². The highest BCUT2D eigenvalue weighted by Gasteiger charge is 2.24. The molecule has 4 rings (SSSR count). The molecule has 6 nitrogen and oxygen atoms in total. The van der Waals surface area contributed by atoms with Gasteiger partial charge in [0, 0.05) is 39.1 Å². The third-order valence-corrected chi connectivity index (χ3v) is 6.33. The van der Waals surface area contributed by atoms with Crippen molar-refractivity contribution >= 4 is 16.9 Å². The largest absolute Gasteiger partial charge is 0.358 e. The summed E-state index contributed by atoms with van der Waals surface area (Å²) in [7, 11) is 4.15. The molecule has 1 aliphatic carbocycles. The van der Waals surface area contributed by atoms with E-state index in [2.05, 4.69) is 28.9 Å². The molecule has 2 aromatic rings. The van der Waals surface area contributed by atoms with Crippen molar-refractivity contribution in [2.45, 2.75) is 63.8 Å². The second kappa shape index (κ2) is 7.51. The molecule has 0 amide bonds. The van der Waals surface area contributed by atoms with Crippen LogP contribution in [0.5, 0.6) is 0 Å². The van der Waals surface area contributed by atoms with Crippen molar-refractivity contribution in [1.82, 2.24) is 24.6 Å². The summed E-state index contributed by atoms with van der Waals surface area (Å²) >= 11 is 0. The Morgan fingerprint density at radius 3 is 2.65 bits per heavy atom. The van der Waals surface area contributed by atoms with Crippen LogP contribution in [0.3, 0.4) is 0 Å². The highest BCUT2D eigenvalue weighted by molar-refractivity contribution is 5.86. The molecule has 3 heterocycles. The van der Waals surface area contributed by atoms with Gasteiger partial charge in [0.05, 0.1) is 11.6 Å². The number of likely N-dealkylation sites (tertiary alicyclic amines) is 1. The van der Waals surface area contributed by atoms with Gasteiger partial charge in [-0.1, -0.05) is 19.3 Å². The van der Waals surface area contributed by atoms with E-state index >= 15 is 0 Å². The van der Waals surface area contributed by atoms with E-state index in [4.69, 9.17) is 9.97 Å². The third kappa shape index (κ3) is 3.43. The lowest BCUT2D eigenvalue weighted by Gasteiger charge is -2.34. The van der Waals surface area contributed by atoms with Crippen LogP contribution in [-0.4, -0.2) is 57.4 Å². The lowest BCUT2D eigenvalue weighted by molar-refractivity contribution is 0.165. The highest BCUT2D eigenvalue weighted by atomic mass is 15.3. The Kier molecular flexibility index (Phi) is 5.11. The van der Waals surface area contributed by atoms with Gasteiger partial charge in [0.2, 0.25) is 0 Å². The summed E-state index contributed by atoms with van der Waals surface area (Å²) in [5.74, 6) is 2.59. The van der Waals surface area contributed by atoms with Crippen LogP contribution < -0.4 is 4.90 Å².